The highest BCUT2D eigenvalue weighted by atomic mass is 35.5. The van der Waals surface area contributed by atoms with Crippen molar-refractivity contribution in [2.24, 2.45) is 0 Å². The van der Waals surface area contributed by atoms with E-state index in [0.29, 0.717) is 15.7 Å². The minimum absolute atomic E-state index is 0.00823. The number of aromatic nitrogens is 1. The van der Waals surface area contributed by atoms with Crippen LogP contribution in [-0.2, 0) is 4.79 Å². The van der Waals surface area contributed by atoms with Gasteiger partial charge in [0.15, 0.2) is 0 Å². The zero-order valence-corrected chi connectivity index (χ0v) is 18.7. The fourth-order valence-corrected chi connectivity index (χ4v) is 3.58. The van der Waals surface area contributed by atoms with Gasteiger partial charge in [0, 0.05) is 32.8 Å². The molecular formula is C24H21Cl2N3O. The van der Waals surface area contributed by atoms with Crippen LogP contribution in [0.5, 0.6) is 0 Å². The molecule has 3 aromatic rings. The van der Waals surface area contributed by atoms with Gasteiger partial charge in [-0.05, 0) is 80.8 Å². The van der Waals surface area contributed by atoms with Gasteiger partial charge in [-0.2, -0.15) is 5.26 Å². The van der Waals surface area contributed by atoms with Crippen LogP contribution in [0.15, 0.2) is 48.0 Å². The normalized spacial score (nSPS) is 11.3. The van der Waals surface area contributed by atoms with Crippen molar-refractivity contribution < 1.29 is 4.79 Å². The van der Waals surface area contributed by atoms with Crippen LogP contribution in [0.3, 0.4) is 0 Å². The monoisotopic (exact) mass is 437 g/mol. The Hall–Kier alpha value is -3.00. The van der Waals surface area contributed by atoms with Crippen molar-refractivity contribution in [3.8, 4) is 11.8 Å². The largest absolute Gasteiger partial charge is 0.321 e. The summed E-state index contributed by atoms with van der Waals surface area (Å²) in [7, 11) is 0. The summed E-state index contributed by atoms with van der Waals surface area (Å²) in [4.78, 5) is 12.6. The number of carbonyl (C=O) groups excluding carboxylic acids is 1. The van der Waals surface area contributed by atoms with Gasteiger partial charge in [0.25, 0.3) is 5.91 Å². The Morgan fingerprint density at radius 3 is 2.23 bits per heavy atom. The standard InChI is InChI=1S/C24H21Cl2N3O/c1-14-5-7-20(11-22(14)25)28-24(30)19(13-27)10-18-9-16(3)29(17(18)4)21-8-6-15(2)23(26)12-21/h5-12H,1-4H3,(H,28,30)/b19-10+. The molecule has 1 amide bonds. The molecule has 0 fully saturated rings. The maximum atomic E-state index is 12.6. The van der Waals surface area contributed by atoms with Crippen molar-refractivity contribution in [3.63, 3.8) is 0 Å². The smallest absolute Gasteiger partial charge is 0.266 e. The zero-order chi connectivity index (χ0) is 22.0. The number of nitrogens with one attached hydrogen (secondary N) is 1. The van der Waals surface area contributed by atoms with Crippen LogP contribution in [0.1, 0.15) is 28.1 Å². The Kier molecular flexibility index (Phi) is 6.36. The molecule has 0 unspecified atom stereocenters. The number of nitrogens with zero attached hydrogens (tertiary/aromatic N) is 2. The highest BCUT2D eigenvalue weighted by Gasteiger charge is 2.15. The summed E-state index contributed by atoms with van der Waals surface area (Å²) in [5.41, 5.74) is 6.06. The Morgan fingerprint density at radius 2 is 1.63 bits per heavy atom. The number of benzene rings is 2. The molecule has 30 heavy (non-hydrogen) atoms. The lowest BCUT2D eigenvalue weighted by molar-refractivity contribution is -0.112. The van der Waals surface area contributed by atoms with E-state index in [1.54, 1.807) is 18.2 Å². The minimum Gasteiger partial charge on any atom is -0.321 e. The maximum Gasteiger partial charge on any atom is 0.266 e. The van der Waals surface area contributed by atoms with E-state index in [0.717, 1.165) is 33.8 Å². The highest BCUT2D eigenvalue weighted by molar-refractivity contribution is 6.32. The first-order chi connectivity index (χ1) is 14.2. The topological polar surface area (TPSA) is 57.8 Å². The number of anilines is 1. The summed E-state index contributed by atoms with van der Waals surface area (Å²) >= 11 is 12.4. The summed E-state index contributed by atoms with van der Waals surface area (Å²) in [5.74, 6) is -0.486. The predicted molar refractivity (Wildman–Crippen MR) is 123 cm³/mol. The lowest BCUT2D eigenvalue weighted by Gasteiger charge is -2.11. The molecule has 0 saturated carbocycles. The molecule has 0 saturated heterocycles. The van der Waals surface area contributed by atoms with Crippen LogP contribution in [0.25, 0.3) is 11.8 Å². The van der Waals surface area contributed by atoms with Gasteiger partial charge in [0.2, 0.25) is 0 Å². The van der Waals surface area contributed by atoms with Crippen LogP contribution in [0, 0.1) is 39.0 Å². The molecule has 0 aliphatic carbocycles. The van der Waals surface area contributed by atoms with Crippen LogP contribution < -0.4 is 5.32 Å². The summed E-state index contributed by atoms with van der Waals surface area (Å²) in [6.07, 6.45) is 1.60. The molecule has 0 spiro atoms. The van der Waals surface area contributed by atoms with E-state index >= 15 is 0 Å². The number of halogens is 2. The van der Waals surface area contributed by atoms with Crippen LogP contribution >= 0.6 is 23.2 Å². The molecule has 6 heteroatoms. The number of amides is 1. The van der Waals surface area contributed by atoms with E-state index in [1.807, 2.05) is 68.7 Å². The van der Waals surface area contributed by atoms with Crippen LogP contribution in [0.2, 0.25) is 10.0 Å². The van der Waals surface area contributed by atoms with Gasteiger partial charge >= 0.3 is 0 Å². The first-order valence-corrected chi connectivity index (χ1v) is 10.1. The number of rotatable bonds is 4. The Labute approximate surface area is 186 Å². The van der Waals surface area contributed by atoms with E-state index in [2.05, 4.69) is 5.32 Å². The van der Waals surface area contributed by atoms with Gasteiger partial charge in [0.1, 0.15) is 11.6 Å². The summed E-state index contributed by atoms with van der Waals surface area (Å²) in [6.45, 7) is 7.75. The van der Waals surface area contributed by atoms with Gasteiger partial charge in [-0.15, -0.1) is 0 Å². The van der Waals surface area contributed by atoms with Crippen molar-refractivity contribution in [1.82, 2.24) is 4.57 Å². The average molecular weight is 438 g/mol. The van der Waals surface area contributed by atoms with Crippen molar-refractivity contribution in [2.45, 2.75) is 27.7 Å². The third-order valence-corrected chi connectivity index (χ3v) is 5.79. The van der Waals surface area contributed by atoms with Crippen molar-refractivity contribution in [3.05, 3.63) is 86.2 Å². The number of hydrogen-bond acceptors (Lipinski definition) is 2. The Morgan fingerprint density at radius 1 is 1.00 bits per heavy atom. The minimum atomic E-state index is -0.486. The Bertz CT molecular complexity index is 1220. The molecule has 4 nitrogen and oxygen atoms in total. The second-order valence-corrected chi connectivity index (χ2v) is 8.00. The SMILES string of the molecule is Cc1ccc(NC(=O)/C(C#N)=C/c2cc(C)n(-c3ccc(C)c(Cl)c3)c2C)cc1Cl. The first-order valence-electron chi connectivity index (χ1n) is 9.36. The number of carbonyl (C=O) groups is 1. The lowest BCUT2D eigenvalue weighted by atomic mass is 10.1. The summed E-state index contributed by atoms with van der Waals surface area (Å²) in [6, 6.07) is 15.0. The molecule has 3 rings (SSSR count). The number of hydrogen-bond donors (Lipinski definition) is 1. The third kappa shape index (κ3) is 4.43. The molecule has 1 aromatic heterocycles. The van der Waals surface area contributed by atoms with Gasteiger partial charge in [-0.25, -0.2) is 0 Å². The fraction of sp³-hybridized carbons (Fsp3) is 0.167. The third-order valence-electron chi connectivity index (χ3n) is 4.98. The van der Waals surface area contributed by atoms with E-state index in [9.17, 15) is 10.1 Å². The first kappa shape index (κ1) is 21.7. The molecule has 152 valence electrons. The maximum absolute atomic E-state index is 12.6. The number of nitriles is 1. The second-order valence-electron chi connectivity index (χ2n) is 7.18. The molecule has 2 aromatic carbocycles. The van der Waals surface area contributed by atoms with Crippen LogP contribution in [0.4, 0.5) is 5.69 Å². The van der Waals surface area contributed by atoms with Crippen molar-refractivity contribution in [1.29, 1.82) is 5.26 Å². The molecule has 0 atom stereocenters. The van der Waals surface area contributed by atoms with E-state index in [-0.39, 0.29) is 5.57 Å². The predicted octanol–water partition coefficient (Wildman–Crippen LogP) is 6.56. The van der Waals surface area contributed by atoms with Crippen molar-refractivity contribution in [2.75, 3.05) is 5.32 Å². The van der Waals surface area contributed by atoms with E-state index in [1.165, 1.54) is 0 Å². The van der Waals surface area contributed by atoms with E-state index in [4.69, 9.17) is 23.2 Å². The Balaban J connectivity index is 1.94. The second kappa shape index (κ2) is 8.79. The number of aryl methyl sites for hydroxylation is 3. The summed E-state index contributed by atoms with van der Waals surface area (Å²) < 4.78 is 2.05. The fourth-order valence-electron chi connectivity index (χ4n) is 3.23. The van der Waals surface area contributed by atoms with Crippen LogP contribution in [-0.4, -0.2) is 10.5 Å². The molecule has 0 aliphatic rings. The quantitative estimate of drug-likeness (QED) is 0.370. The van der Waals surface area contributed by atoms with Gasteiger partial charge in [-0.3, -0.25) is 4.79 Å². The van der Waals surface area contributed by atoms with Crippen molar-refractivity contribution >= 4 is 40.9 Å². The molecular weight excluding hydrogens is 417 g/mol. The molecule has 0 bridgehead atoms. The lowest BCUT2D eigenvalue weighted by Crippen LogP contribution is -2.13. The molecule has 1 heterocycles. The highest BCUT2D eigenvalue weighted by Crippen LogP contribution is 2.26. The van der Waals surface area contributed by atoms with Gasteiger partial charge in [-0.1, -0.05) is 35.3 Å². The van der Waals surface area contributed by atoms with E-state index < -0.39 is 5.91 Å². The zero-order valence-electron chi connectivity index (χ0n) is 17.2. The molecule has 0 aliphatic heterocycles. The van der Waals surface area contributed by atoms with Gasteiger partial charge in [0.05, 0.1) is 0 Å². The molecule has 0 radical (unpaired) electrons. The summed E-state index contributed by atoms with van der Waals surface area (Å²) in [5, 5.41) is 13.5. The average Bonchev–Trinajstić information content (AvgIpc) is 2.98. The molecule has 1 N–H and O–H groups in total. The van der Waals surface area contributed by atoms with Gasteiger partial charge < -0.3 is 9.88 Å².